The molecule has 0 saturated heterocycles. The minimum absolute atomic E-state index is 0.0401. The molecule has 194 valence electrons. The molecule has 1 heterocycles. The van der Waals surface area contributed by atoms with Crippen LogP contribution in [0.5, 0.6) is 23.0 Å². The lowest BCUT2D eigenvalue weighted by Gasteiger charge is -2.12. The molecule has 1 N–H and O–H groups in total. The standard InChI is InChI=1S/C29H25NO8/c1-34-22-7-3-20(4-8-22)27(31)37-24-11-12-26(38-28(32)21-5-9-23(35-2)10-6-21)25(17-24)29(33)36-16-14-19-13-15-30-18-19/h3-13,15,17-18,30H,14,16H2,1-2H3. The monoisotopic (exact) mass is 515 g/mol. The van der Waals surface area contributed by atoms with Crippen molar-refractivity contribution in [3.8, 4) is 23.0 Å². The third-order valence-corrected chi connectivity index (χ3v) is 5.52. The van der Waals surface area contributed by atoms with Crippen molar-refractivity contribution in [1.29, 1.82) is 0 Å². The van der Waals surface area contributed by atoms with Crippen LogP contribution in [0.2, 0.25) is 0 Å². The molecular weight excluding hydrogens is 490 g/mol. The van der Waals surface area contributed by atoms with Crippen LogP contribution in [-0.2, 0) is 11.2 Å². The lowest BCUT2D eigenvalue weighted by atomic mass is 10.1. The summed E-state index contributed by atoms with van der Waals surface area (Å²) in [6, 6.07) is 18.7. The van der Waals surface area contributed by atoms with Crippen LogP contribution in [0.15, 0.2) is 85.2 Å². The number of methoxy groups -OCH3 is 2. The number of nitrogens with one attached hydrogen (secondary N) is 1. The lowest BCUT2D eigenvalue weighted by Crippen LogP contribution is -2.15. The number of hydrogen-bond donors (Lipinski definition) is 1. The van der Waals surface area contributed by atoms with Gasteiger partial charge in [-0.25, -0.2) is 14.4 Å². The summed E-state index contributed by atoms with van der Waals surface area (Å²) in [4.78, 5) is 41.3. The molecular formula is C29H25NO8. The van der Waals surface area contributed by atoms with Crippen LogP contribution in [0.4, 0.5) is 0 Å². The molecule has 0 aliphatic heterocycles. The van der Waals surface area contributed by atoms with Gasteiger partial charge in [0.1, 0.15) is 28.6 Å². The fraction of sp³-hybridized carbons (Fsp3) is 0.138. The molecule has 4 aromatic rings. The number of ether oxygens (including phenoxy) is 5. The Kier molecular flexibility index (Phi) is 8.40. The van der Waals surface area contributed by atoms with E-state index in [1.807, 2.05) is 6.07 Å². The van der Waals surface area contributed by atoms with Crippen LogP contribution in [0.25, 0.3) is 0 Å². The zero-order chi connectivity index (χ0) is 26.9. The average molecular weight is 516 g/mol. The van der Waals surface area contributed by atoms with E-state index >= 15 is 0 Å². The van der Waals surface area contributed by atoms with E-state index in [1.54, 1.807) is 60.9 Å². The van der Waals surface area contributed by atoms with Gasteiger partial charge in [-0.05, 0) is 78.4 Å². The van der Waals surface area contributed by atoms with Gasteiger partial charge in [0, 0.05) is 18.8 Å². The Labute approximate surface area is 218 Å². The van der Waals surface area contributed by atoms with Crippen LogP contribution >= 0.6 is 0 Å². The SMILES string of the molecule is COc1ccc(C(=O)Oc2ccc(OC(=O)c3ccc(OC)cc3)c(C(=O)OCCc3cc[nH]c3)c2)cc1. The maximum absolute atomic E-state index is 13.0. The number of hydrogen-bond acceptors (Lipinski definition) is 8. The van der Waals surface area contributed by atoms with E-state index in [9.17, 15) is 14.4 Å². The lowest BCUT2D eigenvalue weighted by molar-refractivity contribution is 0.0501. The predicted molar refractivity (Wildman–Crippen MR) is 137 cm³/mol. The topological polar surface area (TPSA) is 113 Å². The van der Waals surface area contributed by atoms with Crippen molar-refractivity contribution in [3.63, 3.8) is 0 Å². The summed E-state index contributed by atoms with van der Waals surface area (Å²) in [7, 11) is 3.04. The molecule has 4 rings (SSSR count). The van der Waals surface area contributed by atoms with Crippen molar-refractivity contribution in [2.24, 2.45) is 0 Å². The predicted octanol–water partition coefficient (Wildman–Crippen LogP) is 4.87. The summed E-state index contributed by atoms with van der Waals surface area (Å²) in [5.74, 6) is -0.848. The maximum Gasteiger partial charge on any atom is 0.343 e. The van der Waals surface area contributed by atoms with Crippen molar-refractivity contribution < 1.29 is 38.1 Å². The Hall–Kier alpha value is -5.05. The van der Waals surface area contributed by atoms with Gasteiger partial charge in [-0.2, -0.15) is 0 Å². The Morgan fingerprint density at radius 3 is 1.82 bits per heavy atom. The van der Waals surface area contributed by atoms with Gasteiger partial charge in [0.05, 0.1) is 32.0 Å². The number of rotatable bonds is 10. The summed E-state index contributed by atoms with van der Waals surface area (Å²) < 4.78 is 26.6. The number of carbonyl (C=O) groups excluding carboxylic acids is 3. The molecule has 9 heteroatoms. The fourth-order valence-electron chi connectivity index (χ4n) is 3.45. The smallest absolute Gasteiger partial charge is 0.343 e. The third-order valence-electron chi connectivity index (χ3n) is 5.52. The van der Waals surface area contributed by atoms with Crippen LogP contribution < -0.4 is 18.9 Å². The van der Waals surface area contributed by atoms with E-state index < -0.39 is 17.9 Å². The average Bonchev–Trinajstić information content (AvgIpc) is 3.47. The quantitative estimate of drug-likeness (QED) is 0.235. The van der Waals surface area contributed by atoms with E-state index in [0.717, 1.165) is 5.56 Å². The number of carbonyl (C=O) groups is 3. The van der Waals surface area contributed by atoms with Crippen LogP contribution in [0, 0.1) is 0 Å². The third kappa shape index (κ3) is 6.58. The summed E-state index contributed by atoms with van der Waals surface area (Å²) in [6.45, 7) is 0.0957. The van der Waals surface area contributed by atoms with Gasteiger partial charge in [0.25, 0.3) is 0 Å². The molecule has 0 saturated carbocycles. The number of aromatic nitrogens is 1. The van der Waals surface area contributed by atoms with E-state index in [4.69, 9.17) is 23.7 Å². The van der Waals surface area contributed by atoms with E-state index in [1.165, 1.54) is 32.4 Å². The van der Waals surface area contributed by atoms with Gasteiger partial charge in [-0.3, -0.25) is 0 Å². The Bertz CT molecular complexity index is 1390. The highest BCUT2D eigenvalue weighted by atomic mass is 16.6. The van der Waals surface area contributed by atoms with Crippen LogP contribution in [-0.4, -0.2) is 43.7 Å². The van der Waals surface area contributed by atoms with Gasteiger partial charge >= 0.3 is 17.9 Å². The molecule has 0 unspecified atom stereocenters. The van der Waals surface area contributed by atoms with Gasteiger partial charge < -0.3 is 28.7 Å². The Balaban J connectivity index is 1.53. The first kappa shape index (κ1) is 26.0. The highest BCUT2D eigenvalue weighted by molar-refractivity contribution is 5.97. The second-order valence-corrected chi connectivity index (χ2v) is 8.00. The van der Waals surface area contributed by atoms with Crippen molar-refractivity contribution in [3.05, 3.63) is 107 Å². The zero-order valence-electron chi connectivity index (χ0n) is 20.8. The summed E-state index contributed by atoms with van der Waals surface area (Å²) in [6.07, 6.45) is 4.06. The number of esters is 3. The van der Waals surface area contributed by atoms with Gasteiger partial charge in [0.15, 0.2) is 0 Å². The highest BCUT2D eigenvalue weighted by Crippen LogP contribution is 2.27. The second-order valence-electron chi connectivity index (χ2n) is 8.00. The number of benzene rings is 3. The molecule has 0 radical (unpaired) electrons. The first-order chi connectivity index (χ1) is 18.5. The van der Waals surface area contributed by atoms with Crippen molar-refractivity contribution in [2.45, 2.75) is 6.42 Å². The minimum atomic E-state index is -0.736. The van der Waals surface area contributed by atoms with Crippen molar-refractivity contribution >= 4 is 17.9 Å². The van der Waals surface area contributed by atoms with Crippen molar-refractivity contribution in [2.75, 3.05) is 20.8 Å². The normalized spacial score (nSPS) is 10.4. The molecule has 0 fully saturated rings. The van der Waals surface area contributed by atoms with Gasteiger partial charge in [-0.15, -0.1) is 0 Å². The molecule has 38 heavy (non-hydrogen) atoms. The van der Waals surface area contributed by atoms with Gasteiger partial charge in [-0.1, -0.05) is 0 Å². The second kappa shape index (κ2) is 12.3. The van der Waals surface area contributed by atoms with Crippen LogP contribution in [0.3, 0.4) is 0 Å². The summed E-state index contributed by atoms with van der Waals surface area (Å²) in [5.41, 5.74) is 1.44. The largest absolute Gasteiger partial charge is 0.497 e. The fourth-order valence-corrected chi connectivity index (χ4v) is 3.45. The molecule has 0 amide bonds. The van der Waals surface area contributed by atoms with E-state index in [0.29, 0.717) is 17.9 Å². The number of H-pyrrole nitrogens is 1. The first-order valence-electron chi connectivity index (χ1n) is 11.6. The maximum atomic E-state index is 13.0. The summed E-state index contributed by atoms with van der Waals surface area (Å²) >= 11 is 0. The Morgan fingerprint density at radius 2 is 1.26 bits per heavy atom. The number of aromatic amines is 1. The molecule has 0 bridgehead atoms. The minimum Gasteiger partial charge on any atom is -0.497 e. The molecule has 1 aromatic heterocycles. The molecule has 0 atom stereocenters. The van der Waals surface area contributed by atoms with Crippen molar-refractivity contribution in [1.82, 2.24) is 4.98 Å². The van der Waals surface area contributed by atoms with E-state index in [2.05, 4.69) is 4.98 Å². The molecule has 9 nitrogen and oxygen atoms in total. The zero-order valence-corrected chi connectivity index (χ0v) is 20.8. The van der Waals surface area contributed by atoms with Crippen LogP contribution in [0.1, 0.15) is 36.6 Å². The molecule has 3 aromatic carbocycles. The first-order valence-corrected chi connectivity index (χ1v) is 11.6. The molecule has 0 aliphatic rings. The highest BCUT2D eigenvalue weighted by Gasteiger charge is 2.20. The molecule has 0 aliphatic carbocycles. The molecule has 0 spiro atoms. The van der Waals surface area contributed by atoms with E-state index in [-0.39, 0.29) is 34.8 Å². The summed E-state index contributed by atoms with van der Waals surface area (Å²) in [5, 5.41) is 0. The van der Waals surface area contributed by atoms with Gasteiger partial charge in [0.2, 0.25) is 0 Å². The Morgan fingerprint density at radius 1 is 0.684 bits per heavy atom.